The third-order valence-electron chi connectivity index (χ3n) is 2.21. The quantitative estimate of drug-likeness (QED) is 0.557. The lowest BCUT2D eigenvalue weighted by molar-refractivity contribution is -0.130. The summed E-state index contributed by atoms with van der Waals surface area (Å²) < 4.78 is 5.31. The highest BCUT2D eigenvalue weighted by molar-refractivity contribution is 5.77. The molecule has 0 saturated carbocycles. The van der Waals surface area contributed by atoms with Gasteiger partial charge < -0.3 is 15.4 Å². The van der Waals surface area contributed by atoms with Crippen molar-refractivity contribution in [2.45, 2.75) is 13.3 Å². The molecule has 0 bridgehead atoms. The summed E-state index contributed by atoms with van der Waals surface area (Å²) in [6, 6.07) is 0. The van der Waals surface area contributed by atoms with Gasteiger partial charge >= 0.3 is 0 Å². The Hall–Kier alpha value is -0.650. The first-order chi connectivity index (χ1) is 7.61. The minimum Gasteiger partial charge on any atom is -0.379 e. The molecule has 0 aromatic carbocycles. The molecule has 0 saturated heterocycles. The maximum atomic E-state index is 11.5. The Kier molecular flexibility index (Phi) is 9.18. The minimum absolute atomic E-state index is 0.132. The summed E-state index contributed by atoms with van der Waals surface area (Å²) in [7, 11) is 3.55. The standard InChI is InChI=1S/C11H25N3O2/c1-4-6-14(7-9-16-8-5-12)10-11(15)13(2)3/h4-10,12H2,1-3H3. The van der Waals surface area contributed by atoms with E-state index in [9.17, 15) is 4.79 Å². The van der Waals surface area contributed by atoms with E-state index in [4.69, 9.17) is 10.5 Å². The summed E-state index contributed by atoms with van der Waals surface area (Å²) in [6.07, 6.45) is 1.04. The van der Waals surface area contributed by atoms with Crippen LogP contribution in [0.5, 0.6) is 0 Å². The van der Waals surface area contributed by atoms with E-state index in [0.29, 0.717) is 26.3 Å². The maximum Gasteiger partial charge on any atom is 0.236 e. The number of carbonyl (C=O) groups is 1. The molecule has 5 heteroatoms. The number of carbonyl (C=O) groups excluding carboxylic acids is 1. The van der Waals surface area contributed by atoms with Gasteiger partial charge in [0.1, 0.15) is 0 Å². The van der Waals surface area contributed by atoms with Gasteiger partial charge in [0.15, 0.2) is 0 Å². The minimum atomic E-state index is 0.132. The van der Waals surface area contributed by atoms with Crippen molar-refractivity contribution in [3.8, 4) is 0 Å². The molecule has 5 nitrogen and oxygen atoms in total. The number of likely N-dealkylation sites (N-methyl/N-ethyl adjacent to an activating group) is 1. The van der Waals surface area contributed by atoms with Crippen LogP contribution in [0.15, 0.2) is 0 Å². The van der Waals surface area contributed by atoms with Crippen LogP contribution in [-0.2, 0) is 9.53 Å². The van der Waals surface area contributed by atoms with E-state index in [-0.39, 0.29) is 5.91 Å². The fraction of sp³-hybridized carbons (Fsp3) is 0.909. The van der Waals surface area contributed by atoms with Crippen LogP contribution < -0.4 is 5.73 Å². The van der Waals surface area contributed by atoms with Gasteiger partial charge in [-0.25, -0.2) is 0 Å². The Bertz CT molecular complexity index is 186. The first kappa shape index (κ1) is 15.3. The zero-order chi connectivity index (χ0) is 12.4. The van der Waals surface area contributed by atoms with E-state index in [1.807, 2.05) is 0 Å². The van der Waals surface area contributed by atoms with Crippen molar-refractivity contribution in [1.82, 2.24) is 9.80 Å². The van der Waals surface area contributed by atoms with E-state index in [1.165, 1.54) is 0 Å². The molecular weight excluding hydrogens is 206 g/mol. The summed E-state index contributed by atoms with van der Waals surface area (Å²) in [4.78, 5) is 15.3. The second-order valence-electron chi connectivity index (χ2n) is 3.97. The smallest absolute Gasteiger partial charge is 0.236 e. The van der Waals surface area contributed by atoms with Gasteiger partial charge in [0.25, 0.3) is 0 Å². The SMILES string of the molecule is CCCN(CCOCCN)CC(=O)N(C)C. The number of nitrogens with two attached hydrogens (primary N) is 1. The van der Waals surface area contributed by atoms with Crippen LogP contribution >= 0.6 is 0 Å². The fourth-order valence-corrected chi connectivity index (χ4v) is 1.30. The topological polar surface area (TPSA) is 58.8 Å². The summed E-state index contributed by atoms with van der Waals surface area (Å²) in [5.74, 6) is 0.132. The zero-order valence-corrected chi connectivity index (χ0v) is 10.7. The molecule has 96 valence electrons. The molecule has 0 spiro atoms. The third kappa shape index (κ3) is 7.62. The molecule has 0 atom stereocenters. The normalized spacial score (nSPS) is 10.8. The summed E-state index contributed by atoms with van der Waals surface area (Å²) in [5.41, 5.74) is 5.33. The molecule has 2 N–H and O–H groups in total. The average molecular weight is 231 g/mol. The highest BCUT2D eigenvalue weighted by atomic mass is 16.5. The molecule has 1 amide bonds. The molecule has 0 aromatic heterocycles. The summed E-state index contributed by atoms with van der Waals surface area (Å²) in [6.45, 7) is 6.05. The van der Waals surface area contributed by atoms with Crippen LogP contribution in [0, 0.1) is 0 Å². The predicted octanol–water partition coefficient (Wildman–Crippen LogP) is -0.238. The van der Waals surface area contributed by atoms with E-state index in [2.05, 4.69) is 11.8 Å². The Balaban J connectivity index is 3.82. The van der Waals surface area contributed by atoms with Gasteiger partial charge in [-0.05, 0) is 13.0 Å². The highest BCUT2D eigenvalue weighted by Crippen LogP contribution is 1.93. The van der Waals surface area contributed by atoms with Crippen LogP contribution in [0.2, 0.25) is 0 Å². The van der Waals surface area contributed by atoms with Gasteiger partial charge in [0.05, 0.1) is 19.8 Å². The van der Waals surface area contributed by atoms with Gasteiger partial charge in [-0.3, -0.25) is 9.69 Å². The van der Waals surface area contributed by atoms with Crippen LogP contribution in [0.4, 0.5) is 0 Å². The van der Waals surface area contributed by atoms with Crippen LogP contribution in [-0.4, -0.2) is 69.2 Å². The van der Waals surface area contributed by atoms with E-state index < -0.39 is 0 Å². The zero-order valence-electron chi connectivity index (χ0n) is 10.7. The van der Waals surface area contributed by atoms with Gasteiger partial charge in [-0.1, -0.05) is 6.92 Å². The average Bonchev–Trinajstić information content (AvgIpc) is 2.24. The van der Waals surface area contributed by atoms with Crippen molar-refractivity contribution < 1.29 is 9.53 Å². The highest BCUT2D eigenvalue weighted by Gasteiger charge is 2.10. The number of hydrogen-bond acceptors (Lipinski definition) is 4. The largest absolute Gasteiger partial charge is 0.379 e. The van der Waals surface area contributed by atoms with Gasteiger partial charge in [-0.2, -0.15) is 0 Å². The Morgan fingerprint density at radius 2 is 1.94 bits per heavy atom. The van der Waals surface area contributed by atoms with Crippen LogP contribution in [0.1, 0.15) is 13.3 Å². The molecule has 0 fully saturated rings. The van der Waals surface area contributed by atoms with Gasteiger partial charge in [0, 0.05) is 27.2 Å². The van der Waals surface area contributed by atoms with Crippen molar-refractivity contribution in [2.75, 3.05) is 53.5 Å². The number of amides is 1. The molecular formula is C11H25N3O2. The predicted molar refractivity (Wildman–Crippen MR) is 65.3 cm³/mol. The number of rotatable bonds is 9. The first-order valence-electron chi connectivity index (χ1n) is 5.82. The molecule has 0 aliphatic heterocycles. The molecule has 0 heterocycles. The summed E-state index contributed by atoms with van der Waals surface area (Å²) in [5, 5.41) is 0. The molecule has 0 unspecified atom stereocenters. The molecule has 0 aliphatic rings. The van der Waals surface area contributed by atoms with Crippen molar-refractivity contribution in [2.24, 2.45) is 5.73 Å². The number of hydrogen-bond donors (Lipinski definition) is 1. The van der Waals surface area contributed by atoms with Crippen LogP contribution in [0.25, 0.3) is 0 Å². The number of nitrogens with zero attached hydrogens (tertiary/aromatic N) is 2. The van der Waals surface area contributed by atoms with Crippen molar-refractivity contribution in [3.63, 3.8) is 0 Å². The van der Waals surface area contributed by atoms with E-state index in [0.717, 1.165) is 19.5 Å². The second-order valence-corrected chi connectivity index (χ2v) is 3.97. The monoisotopic (exact) mass is 231 g/mol. The second kappa shape index (κ2) is 9.57. The van der Waals surface area contributed by atoms with E-state index in [1.54, 1.807) is 19.0 Å². The maximum absolute atomic E-state index is 11.5. The summed E-state index contributed by atoms with van der Waals surface area (Å²) >= 11 is 0. The van der Waals surface area contributed by atoms with Crippen molar-refractivity contribution in [1.29, 1.82) is 0 Å². The molecule has 0 rings (SSSR count). The van der Waals surface area contributed by atoms with Gasteiger partial charge in [-0.15, -0.1) is 0 Å². The Labute approximate surface area is 98.5 Å². The van der Waals surface area contributed by atoms with E-state index >= 15 is 0 Å². The lowest BCUT2D eigenvalue weighted by Gasteiger charge is -2.22. The lowest BCUT2D eigenvalue weighted by Crippen LogP contribution is -2.38. The molecule has 0 radical (unpaired) electrons. The van der Waals surface area contributed by atoms with Crippen molar-refractivity contribution in [3.05, 3.63) is 0 Å². The fourth-order valence-electron chi connectivity index (χ4n) is 1.30. The molecule has 0 aliphatic carbocycles. The van der Waals surface area contributed by atoms with Gasteiger partial charge in [0.2, 0.25) is 5.91 Å². The lowest BCUT2D eigenvalue weighted by atomic mass is 10.3. The Morgan fingerprint density at radius 3 is 2.44 bits per heavy atom. The molecule has 16 heavy (non-hydrogen) atoms. The molecule has 0 aromatic rings. The third-order valence-corrected chi connectivity index (χ3v) is 2.21. The van der Waals surface area contributed by atoms with Crippen molar-refractivity contribution >= 4 is 5.91 Å². The van der Waals surface area contributed by atoms with Crippen LogP contribution in [0.3, 0.4) is 0 Å². The first-order valence-corrected chi connectivity index (χ1v) is 5.82. The number of ether oxygens (including phenoxy) is 1. The Morgan fingerprint density at radius 1 is 1.25 bits per heavy atom.